The molecule has 0 aromatic carbocycles. The summed E-state index contributed by atoms with van der Waals surface area (Å²) in [4.78, 5) is 2.70. The Morgan fingerprint density at radius 3 is 2.65 bits per heavy atom. The topological polar surface area (TPSA) is 29.3 Å². The van der Waals surface area contributed by atoms with Gasteiger partial charge in [-0.1, -0.05) is 39.0 Å². The van der Waals surface area contributed by atoms with Gasteiger partial charge in [-0.25, -0.2) is 0 Å². The van der Waals surface area contributed by atoms with Crippen LogP contribution in [0.3, 0.4) is 0 Å². The van der Waals surface area contributed by atoms with Gasteiger partial charge < -0.3 is 5.73 Å². The first-order chi connectivity index (χ1) is 8.20. The van der Waals surface area contributed by atoms with E-state index in [1.165, 1.54) is 51.4 Å². The Labute approximate surface area is 108 Å². The van der Waals surface area contributed by atoms with Gasteiger partial charge in [0, 0.05) is 24.7 Å². The van der Waals surface area contributed by atoms with E-state index in [-0.39, 0.29) is 0 Å². The summed E-state index contributed by atoms with van der Waals surface area (Å²) in [6.07, 6.45) is 10.9. The number of hydrogen-bond acceptors (Lipinski definition) is 2. The average molecular weight is 240 g/mol. The van der Waals surface area contributed by atoms with Crippen LogP contribution in [0, 0.1) is 0 Å². The maximum absolute atomic E-state index is 5.93. The zero-order valence-corrected chi connectivity index (χ0v) is 12.1. The van der Waals surface area contributed by atoms with Crippen LogP contribution in [0.25, 0.3) is 0 Å². The molecule has 0 aromatic rings. The Bertz CT molecular complexity index is 193. The lowest BCUT2D eigenvalue weighted by atomic mass is 9.93. The van der Waals surface area contributed by atoms with Gasteiger partial charge in [-0.15, -0.1) is 0 Å². The van der Waals surface area contributed by atoms with Crippen LogP contribution in [0.15, 0.2) is 0 Å². The van der Waals surface area contributed by atoms with Crippen molar-refractivity contribution in [3.8, 4) is 0 Å². The summed E-state index contributed by atoms with van der Waals surface area (Å²) in [5, 5.41) is 0. The Morgan fingerprint density at radius 2 is 2.00 bits per heavy atom. The van der Waals surface area contributed by atoms with E-state index in [1.807, 2.05) is 0 Å². The van der Waals surface area contributed by atoms with Crippen molar-refractivity contribution >= 4 is 0 Å². The molecular formula is C15H32N2. The van der Waals surface area contributed by atoms with Gasteiger partial charge >= 0.3 is 0 Å². The van der Waals surface area contributed by atoms with E-state index in [4.69, 9.17) is 5.73 Å². The molecular weight excluding hydrogens is 208 g/mol. The lowest BCUT2D eigenvalue weighted by Crippen LogP contribution is -2.52. The first kappa shape index (κ1) is 15.0. The third-order valence-electron chi connectivity index (χ3n) is 4.35. The SMILES string of the molecule is CCCCCCC(C)N1C(C)CCCC1CN. The molecule has 1 aliphatic heterocycles. The largest absolute Gasteiger partial charge is 0.329 e. The fourth-order valence-corrected chi connectivity index (χ4v) is 3.36. The van der Waals surface area contributed by atoms with Crippen LogP contribution in [-0.2, 0) is 0 Å². The zero-order valence-electron chi connectivity index (χ0n) is 12.1. The molecule has 0 amide bonds. The fraction of sp³-hybridized carbons (Fsp3) is 1.00. The highest BCUT2D eigenvalue weighted by Crippen LogP contribution is 2.26. The van der Waals surface area contributed by atoms with Crippen molar-refractivity contribution in [1.82, 2.24) is 4.90 Å². The van der Waals surface area contributed by atoms with Crippen LogP contribution in [0.4, 0.5) is 0 Å². The molecule has 0 aromatic heterocycles. The van der Waals surface area contributed by atoms with Crippen LogP contribution in [0.1, 0.15) is 72.1 Å². The van der Waals surface area contributed by atoms with Gasteiger partial charge in [0.2, 0.25) is 0 Å². The maximum atomic E-state index is 5.93. The van der Waals surface area contributed by atoms with E-state index in [0.717, 1.165) is 18.6 Å². The Hall–Kier alpha value is -0.0800. The predicted octanol–water partition coefficient (Wildman–Crippen LogP) is 3.55. The van der Waals surface area contributed by atoms with E-state index in [1.54, 1.807) is 0 Å². The van der Waals surface area contributed by atoms with Gasteiger partial charge in [0.15, 0.2) is 0 Å². The summed E-state index contributed by atoms with van der Waals surface area (Å²) in [6.45, 7) is 7.89. The molecule has 0 aliphatic carbocycles. The highest BCUT2D eigenvalue weighted by molar-refractivity contribution is 4.86. The van der Waals surface area contributed by atoms with Crippen molar-refractivity contribution in [1.29, 1.82) is 0 Å². The summed E-state index contributed by atoms with van der Waals surface area (Å²) < 4.78 is 0. The van der Waals surface area contributed by atoms with Gasteiger partial charge in [-0.05, 0) is 33.1 Å². The molecule has 102 valence electrons. The van der Waals surface area contributed by atoms with Gasteiger partial charge in [-0.3, -0.25) is 4.90 Å². The molecule has 1 rings (SSSR count). The molecule has 17 heavy (non-hydrogen) atoms. The van der Waals surface area contributed by atoms with Crippen LogP contribution in [0.5, 0.6) is 0 Å². The molecule has 1 aliphatic rings. The summed E-state index contributed by atoms with van der Waals surface area (Å²) in [5.74, 6) is 0. The number of nitrogens with zero attached hydrogens (tertiary/aromatic N) is 1. The number of likely N-dealkylation sites (tertiary alicyclic amines) is 1. The highest BCUT2D eigenvalue weighted by atomic mass is 15.2. The Morgan fingerprint density at radius 1 is 1.24 bits per heavy atom. The fourth-order valence-electron chi connectivity index (χ4n) is 3.36. The van der Waals surface area contributed by atoms with Crippen LogP contribution in [-0.4, -0.2) is 29.6 Å². The summed E-state index contributed by atoms with van der Waals surface area (Å²) in [6, 6.07) is 2.09. The minimum Gasteiger partial charge on any atom is -0.329 e. The third kappa shape index (κ3) is 4.59. The summed E-state index contributed by atoms with van der Waals surface area (Å²) in [7, 11) is 0. The molecule has 0 bridgehead atoms. The smallest absolute Gasteiger partial charge is 0.0224 e. The van der Waals surface area contributed by atoms with E-state index >= 15 is 0 Å². The molecule has 2 N–H and O–H groups in total. The van der Waals surface area contributed by atoms with Gasteiger partial charge in [0.1, 0.15) is 0 Å². The van der Waals surface area contributed by atoms with E-state index < -0.39 is 0 Å². The van der Waals surface area contributed by atoms with Crippen molar-refractivity contribution in [2.45, 2.75) is 90.3 Å². The lowest BCUT2D eigenvalue weighted by Gasteiger charge is -2.44. The van der Waals surface area contributed by atoms with E-state index in [9.17, 15) is 0 Å². The van der Waals surface area contributed by atoms with Crippen molar-refractivity contribution in [2.75, 3.05) is 6.54 Å². The number of piperidine rings is 1. The number of hydrogen-bond donors (Lipinski definition) is 1. The summed E-state index contributed by atoms with van der Waals surface area (Å²) >= 11 is 0. The normalized spacial score (nSPS) is 28.2. The van der Waals surface area contributed by atoms with Gasteiger partial charge in [-0.2, -0.15) is 0 Å². The number of nitrogens with two attached hydrogens (primary N) is 1. The highest BCUT2D eigenvalue weighted by Gasteiger charge is 2.29. The average Bonchev–Trinajstić information content (AvgIpc) is 2.34. The Balaban J connectivity index is 2.37. The first-order valence-electron chi connectivity index (χ1n) is 7.68. The number of unbranched alkanes of at least 4 members (excludes halogenated alkanes) is 3. The van der Waals surface area contributed by atoms with Crippen molar-refractivity contribution in [3.05, 3.63) is 0 Å². The molecule has 1 heterocycles. The molecule has 3 atom stereocenters. The van der Waals surface area contributed by atoms with E-state index in [2.05, 4.69) is 25.7 Å². The van der Waals surface area contributed by atoms with Crippen LogP contribution < -0.4 is 5.73 Å². The molecule has 2 heteroatoms. The van der Waals surface area contributed by atoms with E-state index in [0.29, 0.717) is 6.04 Å². The predicted molar refractivity (Wildman–Crippen MR) is 76.2 cm³/mol. The first-order valence-corrected chi connectivity index (χ1v) is 7.68. The van der Waals surface area contributed by atoms with Crippen LogP contribution in [0.2, 0.25) is 0 Å². The standard InChI is InChI=1S/C15H32N2/c1-4-5-6-7-9-13(2)17-14(3)10-8-11-15(17)12-16/h13-15H,4-12,16H2,1-3H3. The second kappa shape index (κ2) is 8.10. The molecule has 0 saturated carbocycles. The van der Waals surface area contributed by atoms with Gasteiger partial charge in [0.05, 0.1) is 0 Å². The molecule has 0 radical (unpaired) electrons. The molecule has 3 unspecified atom stereocenters. The van der Waals surface area contributed by atoms with Gasteiger partial charge in [0.25, 0.3) is 0 Å². The number of rotatable bonds is 7. The Kier molecular flexibility index (Phi) is 7.14. The zero-order chi connectivity index (χ0) is 12.7. The molecule has 0 spiro atoms. The molecule has 2 nitrogen and oxygen atoms in total. The van der Waals surface area contributed by atoms with Crippen LogP contribution >= 0.6 is 0 Å². The monoisotopic (exact) mass is 240 g/mol. The maximum Gasteiger partial charge on any atom is 0.0224 e. The molecule has 1 fully saturated rings. The minimum absolute atomic E-state index is 0.639. The quantitative estimate of drug-likeness (QED) is 0.690. The summed E-state index contributed by atoms with van der Waals surface area (Å²) in [5.41, 5.74) is 5.93. The van der Waals surface area contributed by atoms with Crippen molar-refractivity contribution in [3.63, 3.8) is 0 Å². The van der Waals surface area contributed by atoms with Crippen molar-refractivity contribution in [2.24, 2.45) is 5.73 Å². The minimum atomic E-state index is 0.639. The lowest BCUT2D eigenvalue weighted by molar-refractivity contribution is 0.0527. The second-order valence-electron chi connectivity index (χ2n) is 5.82. The van der Waals surface area contributed by atoms with Crippen molar-refractivity contribution < 1.29 is 0 Å². The third-order valence-corrected chi connectivity index (χ3v) is 4.35. The molecule has 1 saturated heterocycles. The second-order valence-corrected chi connectivity index (χ2v) is 5.82.